The van der Waals surface area contributed by atoms with E-state index in [4.69, 9.17) is 10.8 Å². The molecule has 102 valence electrons. The molecule has 1 rings (SSSR count). The van der Waals surface area contributed by atoms with Crippen LogP contribution in [0, 0.1) is 0 Å². The van der Waals surface area contributed by atoms with Crippen molar-refractivity contribution in [1.29, 1.82) is 0 Å². The minimum absolute atomic E-state index is 0.345. The molecule has 18 heavy (non-hydrogen) atoms. The highest BCUT2D eigenvalue weighted by atomic mass is 19.4. The lowest BCUT2D eigenvalue weighted by atomic mass is 10.0. The van der Waals surface area contributed by atoms with Crippen LogP contribution in [0.15, 0.2) is 24.3 Å². The summed E-state index contributed by atoms with van der Waals surface area (Å²) in [6, 6.07) is 2.83. The van der Waals surface area contributed by atoms with Gasteiger partial charge in [-0.05, 0) is 6.07 Å². The molecule has 0 bridgehead atoms. The molecule has 8 heteroatoms. The summed E-state index contributed by atoms with van der Waals surface area (Å²) in [4.78, 5) is 0. The minimum Gasteiger partial charge on any atom is -0.434 e. The first kappa shape index (κ1) is 14.7. The molecule has 1 aromatic rings. The number of aliphatic hydroxyl groups is 1. The average Bonchev–Trinajstić information content (AvgIpc) is 2.26. The molecule has 1 aromatic carbocycles. The fourth-order valence-electron chi connectivity index (χ4n) is 1.33. The fourth-order valence-corrected chi connectivity index (χ4v) is 1.33. The second-order valence-electron chi connectivity index (χ2n) is 3.43. The van der Waals surface area contributed by atoms with Gasteiger partial charge in [0.15, 0.2) is 6.10 Å². The summed E-state index contributed by atoms with van der Waals surface area (Å²) >= 11 is 0. The van der Waals surface area contributed by atoms with Gasteiger partial charge in [0.05, 0.1) is 6.04 Å². The van der Waals surface area contributed by atoms with Gasteiger partial charge in [0, 0.05) is 5.56 Å². The van der Waals surface area contributed by atoms with Crippen molar-refractivity contribution in [3.63, 3.8) is 0 Å². The van der Waals surface area contributed by atoms with Crippen molar-refractivity contribution in [2.75, 3.05) is 0 Å². The average molecular weight is 271 g/mol. The molecule has 0 fully saturated rings. The zero-order valence-electron chi connectivity index (χ0n) is 8.86. The summed E-state index contributed by atoms with van der Waals surface area (Å²) in [5.74, 6) is -0.497. The molecule has 0 saturated carbocycles. The van der Waals surface area contributed by atoms with Crippen LogP contribution in [0.5, 0.6) is 5.75 Å². The molecule has 0 aromatic heterocycles. The van der Waals surface area contributed by atoms with Crippen molar-refractivity contribution in [3.05, 3.63) is 29.8 Å². The number of nitrogens with two attached hydrogens (primary N) is 1. The predicted octanol–water partition coefficient (Wildman–Crippen LogP) is 2.21. The molecule has 0 radical (unpaired) electrons. The highest BCUT2D eigenvalue weighted by Gasteiger charge is 2.43. The molecule has 0 unspecified atom stereocenters. The maximum absolute atomic E-state index is 12.3. The van der Waals surface area contributed by atoms with Crippen LogP contribution in [0.1, 0.15) is 11.6 Å². The molecule has 0 saturated heterocycles. The van der Waals surface area contributed by atoms with Crippen molar-refractivity contribution >= 4 is 0 Å². The van der Waals surface area contributed by atoms with E-state index in [1.807, 2.05) is 0 Å². The lowest BCUT2D eigenvalue weighted by Crippen LogP contribution is -2.39. The van der Waals surface area contributed by atoms with Crippen molar-refractivity contribution in [1.82, 2.24) is 0 Å². The third kappa shape index (κ3) is 3.54. The standard InChI is InChI=1S/C10H10F5NO2/c11-9(12)18-6-4-2-1-3-5(6)7(16)8(17)10(13,14)15/h1-4,7-9,17H,16H2/t7-,8-/m0/s1. The molecule has 0 spiro atoms. The normalized spacial score (nSPS) is 15.6. The van der Waals surface area contributed by atoms with Crippen LogP contribution >= 0.6 is 0 Å². The zero-order chi connectivity index (χ0) is 13.9. The summed E-state index contributed by atoms with van der Waals surface area (Å²) < 4.78 is 64.9. The van der Waals surface area contributed by atoms with Gasteiger partial charge in [0.1, 0.15) is 5.75 Å². The number of aliphatic hydroxyl groups excluding tert-OH is 1. The first-order chi connectivity index (χ1) is 8.23. The van der Waals surface area contributed by atoms with Gasteiger partial charge >= 0.3 is 12.8 Å². The van der Waals surface area contributed by atoms with Crippen molar-refractivity contribution in [3.8, 4) is 5.75 Å². The number of rotatable bonds is 4. The molecule has 0 aliphatic rings. The van der Waals surface area contributed by atoms with Gasteiger partial charge in [-0.15, -0.1) is 0 Å². The summed E-state index contributed by atoms with van der Waals surface area (Å²) in [5.41, 5.74) is 4.86. The van der Waals surface area contributed by atoms with E-state index in [0.717, 1.165) is 12.1 Å². The van der Waals surface area contributed by atoms with Crippen molar-refractivity contribution < 1.29 is 31.8 Å². The molecular weight excluding hydrogens is 261 g/mol. The second kappa shape index (κ2) is 5.49. The highest BCUT2D eigenvalue weighted by Crippen LogP contribution is 2.33. The molecule has 0 aliphatic carbocycles. The largest absolute Gasteiger partial charge is 0.434 e. The molecular formula is C10H10F5NO2. The summed E-state index contributed by atoms with van der Waals surface area (Å²) in [6.45, 7) is -3.19. The van der Waals surface area contributed by atoms with Crippen LogP contribution in [0.25, 0.3) is 0 Å². The van der Waals surface area contributed by atoms with Crippen LogP contribution in [-0.4, -0.2) is 24.0 Å². The monoisotopic (exact) mass is 271 g/mol. The Bertz CT molecular complexity index is 396. The highest BCUT2D eigenvalue weighted by molar-refractivity contribution is 5.36. The fraction of sp³-hybridized carbons (Fsp3) is 0.400. The van der Waals surface area contributed by atoms with Gasteiger partial charge in [-0.2, -0.15) is 22.0 Å². The first-order valence-corrected chi connectivity index (χ1v) is 4.77. The van der Waals surface area contributed by atoms with Gasteiger partial charge in [-0.1, -0.05) is 18.2 Å². The van der Waals surface area contributed by atoms with Crippen LogP contribution in [-0.2, 0) is 0 Å². The summed E-state index contributed by atoms with van der Waals surface area (Å²) in [5, 5.41) is 8.97. The summed E-state index contributed by atoms with van der Waals surface area (Å²) in [7, 11) is 0. The zero-order valence-corrected chi connectivity index (χ0v) is 8.86. The second-order valence-corrected chi connectivity index (χ2v) is 3.43. The molecule has 0 amide bonds. The van der Waals surface area contributed by atoms with E-state index in [-0.39, 0.29) is 5.56 Å². The van der Waals surface area contributed by atoms with Crippen LogP contribution in [0.4, 0.5) is 22.0 Å². The Kier molecular flexibility index (Phi) is 4.47. The maximum atomic E-state index is 12.3. The molecule has 3 N–H and O–H groups in total. The quantitative estimate of drug-likeness (QED) is 0.825. The van der Waals surface area contributed by atoms with Crippen molar-refractivity contribution in [2.24, 2.45) is 5.73 Å². The van der Waals surface area contributed by atoms with Crippen LogP contribution < -0.4 is 10.5 Å². The Morgan fingerprint density at radius 1 is 1.17 bits per heavy atom. The maximum Gasteiger partial charge on any atom is 0.416 e. The van der Waals surface area contributed by atoms with Gasteiger partial charge < -0.3 is 15.6 Å². The number of para-hydroxylation sites is 1. The molecule has 0 heterocycles. The number of hydrogen-bond donors (Lipinski definition) is 2. The number of hydrogen-bond acceptors (Lipinski definition) is 3. The first-order valence-electron chi connectivity index (χ1n) is 4.77. The van der Waals surface area contributed by atoms with Crippen LogP contribution in [0.2, 0.25) is 0 Å². The van der Waals surface area contributed by atoms with Gasteiger partial charge in [0.2, 0.25) is 0 Å². The Hall–Kier alpha value is -1.41. The molecule has 3 nitrogen and oxygen atoms in total. The number of alkyl halides is 5. The summed E-state index contributed by atoms with van der Waals surface area (Å²) in [6.07, 6.45) is -7.81. The Morgan fingerprint density at radius 2 is 1.72 bits per heavy atom. The number of halogens is 5. The van der Waals surface area contributed by atoms with E-state index in [1.54, 1.807) is 0 Å². The Labute approximate surface area is 99.0 Å². The molecule has 2 atom stereocenters. The third-order valence-electron chi connectivity index (χ3n) is 2.17. The SMILES string of the molecule is N[C@@H](c1ccccc1OC(F)F)[C@H](O)C(F)(F)F. The topological polar surface area (TPSA) is 55.5 Å². The van der Waals surface area contributed by atoms with Gasteiger partial charge in [0.25, 0.3) is 0 Å². The van der Waals surface area contributed by atoms with E-state index < -0.39 is 30.7 Å². The lowest BCUT2D eigenvalue weighted by Gasteiger charge is -2.23. The van der Waals surface area contributed by atoms with Gasteiger partial charge in [-0.25, -0.2) is 0 Å². The lowest BCUT2D eigenvalue weighted by molar-refractivity contribution is -0.210. The van der Waals surface area contributed by atoms with E-state index in [1.165, 1.54) is 12.1 Å². The number of ether oxygens (including phenoxy) is 1. The minimum atomic E-state index is -4.95. The number of benzene rings is 1. The van der Waals surface area contributed by atoms with Crippen LogP contribution in [0.3, 0.4) is 0 Å². The van der Waals surface area contributed by atoms with E-state index in [9.17, 15) is 22.0 Å². The van der Waals surface area contributed by atoms with E-state index in [0.29, 0.717) is 0 Å². The van der Waals surface area contributed by atoms with Crippen molar-refractivity contribution in [2.45, 2.75) is 24.9 Å². The van der Waals surface area contributed by atoms with E-state index >= 15 is 0 Å². The smallest absolute Gasteiger partial charge is 0.416 e. The Balaban J connectivity index is 3.01. The third-order valence-corrected chi connectivity index (χ3v) is 2.17. The Morgan fingerprint density at radius 3 is 2.22 bits per heavy atom. The van der Waals surface area contributed by atoms with E-state index in [2.05, 4.69) is 4.74 Å². The molecule has 0 aliphatic heterocycles. The van der Waals surface area contributed by atoms with Gasteiger partial charge in [-0.3, -0.25) is 0 Å². The predicted molar refractivity (Wildman–Crippen MR) is 52.1 cm³/mol.